The third kappa shape index (κ3) is 3.92. The maximum absolute atomic E-state index is 12.9. The Hall–Kier alpha value is -2.94. The van der Waals surface area contributed by atoms with Gasteiger partial charge >= 0.3 is 6.03 Å². The van der Waals surface area contributed by atoms with E-state index in [0.717, 1.165) is 6.54 Å². The van der Waals surface area contributed by atoms with E-state index in [1.807, 2.05) is 13.8 Å². The van der Waals surface area contributed by atoms with Crippen molar-refractivity contribution in [3.05, 3.63) is 41.4 Å². The largest absolute Gasteiger partial charge is 0.400 e. The number of hydrogen-bond acceptors (Lipinski definition) is 5. The van der Waals surface area contributed by atoms with Crippen LogP contribution in [-0.4, -0.2) is 70.8 Å². The predicted molar refractivity (Wildman–Crippen MR) is 102 cm³/mol. The van der Waals surface area contributed by atoms with E-state index in [9.17, 15) is 9.59 Å². The molecule has 1 aromatic rings. The molecule has 9 nitrogen and oxygen atoms in total. The fourth-order valence-corrected chi connectivity index (χ4v) is 3.29. The quantitative estimate of drug-likeness (QED) is 0.492. The molecule has 3 rings (SSSR count). The fourth-order valence-electron chi connectivity index (χ4n) is 3.29. The van der Waals surface area contributed by atoms with Crippen LogP contribution in [0.25, 0.3) is 0 Å². The van der Waals surface area contributed by atoms with Crippen LogP contribution in [0.3, 0.4) is 0 Å². The summed E-state index contributed by atoms with van der Waals surface area (Å²) in [6, 6.07) is 4.83. The molecule has 3 heterocycles. The second kappa shape index (κ2) is 7.75. The number of amidine groups is 1. The van der Waals surface area contributed by atoms with E-state index in [4.69, 9.17) is 11.5 Å². The number of nitrogens with one attached hydrogen (secondary N) is 1. The normalized spacial score (nSPS) is 23.7. The first-order valence-electron chi connectivity index (χ1n) is 8.95. The molecule has 144 valence electrons. The third-order valence-electron chi connectivity index (χ3n) is 4.89. The van der Waals surface area contributed by atoms with Crippen molar-refractivity contribution in [2.24, 2.45) is 16.5 Å². The van der Waals surface area contributed by atoms with Gasteiger partial charge < -0.3 is 26.6 Å². The van der Waals surface area contributed by atoms with E-state index in [2.05, 4.69) is 15.3 Å². The minimum absolute atomic E-state index is 0.0268. The number of nitrogens with zero attached hydrogens (tertiary/aromatic N) is 4. The fraction of sp³-hybridized carbons (Fsp3) is 0.444. The average molecular weight is 371 g/mol. The van der Waals surface area contributed by atoms with Gasteiger partial charge in [-0.05, 0) is 26.0 Å². The van der Waals surface area contributed by atoms with Crippen molar-refractivity contribution in [2.75, 3.05) is 26.2 Å². The van der Waals surface area contributed by atoms with Crippen LogP contribution in [0, 0.1) is 0 Å². The summed E-state index contributed by atoms with van der Waals surface area (Å²) in [6.07, 6.45) is 1.51. The first-order valence-corrected chi connectivity index (χ1v) is 8.95. The zero-order valence-corrected chi connectivity index (χ0v) is 15.6. The molecule has 2 aliphatic heterocycles. The molecule has 27 heavy (non-hydrogen) atoms. The highest BCUT2D eigenvalue weighted by atomic mass is 16.2. The summed E-state index contributed by atoms with van der Waals surface area (Å²) in [5.41, 5.74) is 13.4. The molecule has 0 spiro atoms. The highest BCUT2D eigenvalue weighted by Crippen LogP contribution is 2.23. The number of amides is 3. The Bertz CT molecular complexity index is 790. The van der Waals surface area contributed by atoms with Crippen molar-refractivity contribution in [3.63, 3.8) is 0 Å². The molecule has 2 unspecified atom stereocenters. The molecule has 0 aliphatic carbocycles. The molecule has 1 fully saturated rings. The molecule has 2 atom stereocenters. The monoisotopic (exact) mass is 371 g/mol. The summed E-state index contributed by atoms with van der Waals surface area (Å²) in [5, 5.41) is 3.31. The van der Waals surface area contributed by atoms with Gasteiger partial charge in [0.15, 0.2) is 0 Å². The number of urea groups is 1. The molecule has 1 aromatic heterocycles. The number of pyridine rings is 1. The number of nitrogens with two attached hydrogens (primary N) is 2. The molecule has 0 bridgehead atoms. The van der Waals surface area contributed by atoms with Gasteiger partial charge in [-0.1, -0.05) is 6.07 Å². The van der Waals surface area contributed by atoms with Crippen LogP contribution in [0.1, 0.15) is 24.3 Å². The summed E-state index contributed by atoms with van der Waals surface area (Å²) in [4.78, 5) is 36.5. The Morgan fingerprint density at radius 2 is 2.11 bits per heavy atom. The summed E-state index contributed by atoms with van der Waals surface area (Å²) >= 11 is 0. The first kappa shape index (κ1) is 18.8. The van der Waals surface area contributed by atoms with Gasteiger partial charge in [0.25, 0.3) is 5.91 Å². The number of aliphatic imine (C=N–C) groups is 1. The summed E-state index contributed by atoms with van der Waals surface area (Å²) in [5.74, 6) is -0.513. The second-order valence-electron chi connectivity index (χ2n) is 6.84. The van der Waals surface area contributed by atoms with Crippen LogP contribution >= 0.6 is 0 Å². The topological polar surface area (TPSA) is 130 Å². The molecular weight excluding hydrogens is 346 g/mol. The van der Waals surface area contributed by atoms with Gasteiger partial charge in [0, 0.05) is 43.1 Å². The predicted octanol–water partition coefficient (Wildman–Crippen LogP) is -0.0904. The van der Waals surface area contributed by atoms with Gasteiger partial charge in [-0.2, -0.15) is 4.99 Å². The lowest BCUT2D eigenvalue weighted by Crippen LogP contribution is -2.56. The number of carbonyl (C=O) groups excluding carboxylic acids is 2. The maximum Gasteiger partial charge on any atom is 0.320 e. The molecule has 0 aromatic carbocycles. The van der Waals surface area contributed by atoms with E-state index >= 15 is 0 Å². The van der Waals surface area contributed by atoms with Gasteiger partial charge in [-0.25, -0.2) is 4.79 Å². The first-order chi connectivity index (χ1) is 12.9. The number of carbonyl (C=O) groups is 2. The Kier molecular flexibility index (Phi) is 5.41. The Balaban J connectivity index is 1.74. The molecule has 0 saturated carbocycles. The van der Waals surface area contributed by atoms with Gasteiger partial charge in [-0.15, -0.1) is 0 Å². The van der Waals surface area contributed by atoms with Crippen LogP contribution in [0.15, 0.2) is 40.7 Å². The van der Waals surface area contributed by atoms with Gasteiger partial charge in [-0.3, -0.25) is 9.78 Å². The molecule has 0 radical (unpaired) electrons. The standard InChI is InChI=1S/C18H25N7O2/c1-11-9-24(8-7-21-11)18(27)25-10-13(15(19)12(25)2)16(20)23-17(26)14-5-3-4-6-22-14/h3-6,11-12,21H,7-10,19H2,1-2H3,(H2,20,23,26). The zero-order valence-electron chi connectivity index (χ0n) is 15.6. The second-order valence-corrected chi connectivity index (χ2v) is 6.84. The molecule has 1 saturated heterocycles. The lowest BCUT2D eigenvalue weighted by molar-refractivity contribution is 0.0998. The van der Waals surface area contributed by atoms with E-state index in [1.54, 1.807) is 28.0 Å². The lowest BCUT2D eigenvalue weighted by Gasteiger charge is -2.36. The number of aromatic nitrogens is 1. The Morgan fingerprint density at radius 3 is 2.78 bits per heavy atom. The minimum atomic E-state index is -0.540. The number of rotatable bonds is 2. The van der Waals surface area contributed by atoms with Crippen molar-refractivity contribution in [3.8, 4) is 0 Å². The summed E-state index contributed by atoms with van der Waals surface area (Å²) < 4.78 is 0. The molecule has 5 N–H and O–H groups in total. The SMILES string of the molecule is CC1CN(C(=O)N2CC(C(N)=NC(=O)c3ccccn3)=C(N)C2C)CCN1. The average Bonchev–Trinajstić information content (AvgIpc) is 2.97. The Labute approximate surface area is 158 Å². The third-order valence-corrected chi connectivity index (χ3v) is 4.89. The van der Waals surface area contributed by atoms with Crippen LogP contribution in [0.4, 0.5) is 4.79 Å². The molecule has 9 heteroatoms. The number of piperazine rings is 1. The van der Waals surface area contributed by atoms with Gasteiger partial charge in [0.1, 0.15) is 11.5 Å². The molecule has 3 amide bonds. The van der Waals surface area contributed by atoms with E-state index in [-0.39, 0.29) is 36.2 Å². The zero-order chi connectivity index (χ0) is 19.6. The van der Waals surface area contributed by atoms with E-state index in [1.165, 1.54) is 6.20 Å². The van der Waals surface area contributed by atoms with Crippen LogP contribution in [0.5, 0.6) is 0 Å². The van der Waals surface area contributed by atoms with E-state index < -0.39 is 5.91 Å². The summed E-state index contributed by atoms with van der Waals surface area (Å²) in [6.45, 7) is 6.16. The van der Waals surface area contributed by atoms with Gasteiger partial charge in [0.2, 0.25) is 0 Å². The minimum Gasteiger partial charge on any atom is -0.400 e. The van der Waals surface area contributed by atoms with Crippen LogP contribution in [0.2, 0.25) is 0 Å². The van der Waals surface area contributed by atoms with Crippen molar-refractivity contribution in [1.82, 2.24) is 20.1 Å². The molecule has 2 aliphatic rings. The van der Waals surface area contributed by atoms with Crippen LogP contribution < -0.4 is 16.8 Å². The van der Waals surface area contributed by atoms with Crippen molar-refractivity contribution in [1.29, 1.82) is 0 Å². The number of hydrogen-bond donors (Lipinski definition) is 3. The highest BCUT2D eigenvalue weighted by Gasteiger charge is 2.36. The summed E-state index contributed by atoms with van der Waals surface area (Å²) in [7, 11) is 0. The van der Waals surface area contributed by atoms with Crippen molar-refractivity contribution in [2.45, 2.75) is 25.9 Å². The van der Waals surface area contributed by atoms with Gasteiger partial charge in [0.05, 0.1) is 12.6 Å². The van der Waals surface area contributed by atoms with Crippen LogP contribution in [-0.2, 0) is 0 Å². The lowest BCUT2D eigenvalue weighted by atomic mass is 10.2. The van der Waals surface area contributed by atoms with E-state index in [0.29, 0.717) is 24.4 Å². The molecular formula is C18H25N7O2. The van der Waals surface area contributed by atoms with Crippen molar-refractivity contribution >= 4 is 17.8 Å². The van der Waals surface area contributed by atoms with Crippen molar-refractivity contribution < 1.29 is 9.59 Å². The highest BCUT2D eigenvalue weighted by molar-refractivity contribution is 6.09. The Morgan fingerprint density at radius 1 is 1.33 bits per heavy atom. The smallest absolute Gasteiger partial charge is 0.320 e. The maximum atomic E-state index is 12.9.